The Morgan fingerprint density at radius 1 is 1.25 bits per heavy atom. The molecule has 0 radical (unpaired) electrons. The molecule has 20 heavy (non-hydrogen) atoms. The van der Waals surface area contributed by atoms with E-state index in [0.717, 1.165) is 23.4 Å². The minimum atomic E-state index is 0.148. The molecule has 0 bridgehead atoms. The zero-order chi connectivity index (χ0) is 14.7. The summed E-state index contributed by atoms with van der Waals surface area (Å²) >= 11 is 0. The van der Waals surface area contributed by atoms with Crippen molar-refractivity contribution in [3.8, 4) is 5.75 Å². The van der Waals surface area contributed by atoms with Gasteiger partial charge in [0, 0.05) is 11.1 Å². The van der Waals surface area contributed by atoms with Gasteiger partial charge in [-0.2, -0.15) is 0 Å². The highest BCUT2D eigenvalue weighted by Crippen LogP contribution is 2.29. The van der Waals surface area contributed by atoms with Gasteiger partial charge in [-0.15, -0.1) is 0 Å². The van der Waals surface area contributed by atoms with Gasteiger partial charge in [0.15, 0.2) is 0 Å². The summed E-state index contributed by atoms with van der Waals surface area (Å²) < 4.78 is 5.88. The van der Waals surface area contributed by atoms with E-state index < -0.39 is 0 Å². The lowest BCUT2D eigenvalue weighted by Crippen LogP contribution is -2.13. The van der Waals surface area contributed by atoms with Gasteiger partial charge in [0.2, 0.25) is 0 Å². The summed E-state index contributed by atoms with van der Waals surface area (Å²) in [6, 6.07) is 8.31. The number of pyridine rings is 1. The number of aromatic nitrogens is 1. The largest absolute Gasteiger partial charge is 0.489 e. The van der Waals surface area contributed by atoms with Crippen molar-refractivity contribution in [2.75, 3.05) is 6.54 Å². The molecule has 1 heterocycles. The molecule has 2 rings (SSSR count). The Hall–Kier alpha value is -1.61. The number of rotatable bonds is 5. The number of aryl methyl sites for hydroxylation is 1. The van der Waals surface area contributed by atoms with E-state index in [1.807, 2.05) is 32.9 Å². The van der Waals surface area contributed by atoms with Gasteiger partial charge in [-0.05, 0) is 57.4 Å². The molecule has 0 saturated carbocycles. The van der Waals surface area contributed by atoms with Crippen LogP contribution in [0.3, 0.4) is 0 Å². The summed E-state index contributed by atoms with van der Waals surface area (Å²) in [5, 5.41) is 1.18. The summed E-state index contributed by atoms with van der Waals surface area (Å²) in [5.74, 6) is 1.33. The van der Waals surface area contributed by atoms with E-state index in [1.165, 1.54) is 10.9 Å². The third-order valence-corrected chi connectivity index (χ3v) is 3.35. The first-order valence-corrected chi connectivity index (χ1v) is 7.27. The van der Waals surface area contributed by atoms with E-state index in [4.69, 9.17) is 10.5 Å². The molecule has 0 aliphatic carbocycles. The molecule has 0 aliphatic rings. The SMILES string of the molecule is Cc1cc(CC(C)CN)c2cccc(OC(C)C)c2n1. The van der Waals surface area contributed by atoms with E-state index in [0.29, 0.717) is 12.5 Å². The van der Waals surface area contributed by atoms with Gasteiger partial charge in [-0.1, -0.05) is 19.1 Å². The van der Waals surface area contributed by atoms with Crippen LogP contribution in [0.5, 0.6) is 5.75 Å². The Labute approximate surface area is 121 Å². The fraction of sp³-hybridized carbons (Fsp3) is 0.471. The number of nitrogens with two attached hydrogens (primary N) is 1. The smallest absolute Gasteiger partial charge is 0.145 e. The van der Waals surface area contributed by atoms with Crippen molar-refractivity contribution in [1.29, 1.82) is 0 Å². The number of para-hydroxylation sites is 1. The van der Waals surface area contributed by atoms with Crippen molar-refractivity contribution in [2.45, 2.75) is 40.2 Å². The standard InChI is InChI=1S/C17H24N2O/c1-11(2)20-16-7-5-6-15-14(8-12(3)10-18)9-13(4)19-17(15)16/h5-7,9,11-12H,8,10,18H2,1-4H3. The van der Waals surface area contributed by atoms with Crippen molar-refractivity contribution in [3.63, 3.8) is 0 Å². The normalized spacial score (nSPS) is 12.9. The summed E-state index contributed by atoms with van der Waals surface area (Å²) in [6.07, 6.45) is 1.12. The molecule has 0 saturated heterocycles. The summed E-state index contributed by atoms with van der Waals surface area (Å²) in [6.45, 7) is 8.97. The maximum atomic E-state index is 5.88. The monoisotopic (exact) mass is 272 g/mol. The molecule has 0 amide bonds. The number of hydrogen-bond donors (Lipinski definition) is 1. The van der Waals surface area contributed by atoms with Gasteiger partial charge >= 0.3 is 0 Å². The van der Waals surface area contributed by atoms with Crippen LogP contribution in [-0.4, -0.2) is 17.6 Å². The van der Waals surface area contributed by atoms with Crippen LogP contribution in [0, 0.1) is 12.8 Å². The van der Waals surface area contributed by atoms with E-state index >= 15 is 0 Å². The molecule has 0 aliphatic heterocycles. The number of ether oxygens (including phenoxy) is 1. The Balaban J connectivity index is 2.54. The lowest BCUT2D eigenvalue weighted by Gasteiger charge is -2.16. The fourth-order valence-corrected chi connectivity index (χ4v) is 2.41. The van der Waals surface area contributed by atoms with E-state index in [2.05, 4.69) is 24.0 Å². The fourth-order valence-electron chi connectivity index (χ4n) is 2.41. The third-order valence-electron chi connectivity index (χ3n) is 3.35. The minimum absolute atomic E-state index is 0.148. The van der Waals surface area contributed by atoms with Crippen molar-refractivity contribution in [3.05, 3.63) is 35.5 Å². The zero-order valence-electron chi connectivity index (χ0n) is 12.8. The summed E-state index contributed by atoms with van der Waals surface area (Å²) in [4.78, 5) is 4.67. The number of hydrogen-bond acceptors (Lipinski definition) is 3. The second kappa shape index (κ2) is 6.23. The van der Waals surface area contributed by atoms with Gasteiger partial charge in [-0.25, -0.2) is 4.98 Å². The molecule has 3 heteroatoms. The molecule has 1 aromatic heterocycles. The van der Waals surface area contributed by atoms with Crippen LogP contribution < -0.4 is 10.5 Å². The van der Waals surface area contributed by atoms with Gasteiger partial charge in [-0.3, -0.25) is 0 Å². The molecular weight excluding hydrogens is 248 g/mol. The molecular formula is C17H24N2O. The highest BCUT2D eigenvalue weighted by molar-refractivity contribution is 5.87. The van der Waals surface area contributed by atoms with Crippen LogP contribution >= 0.6 is 0 Å². The molecule has 2 N–H and O–H groups in total. The molecule has 1 unspecified atom stereocenters. The topological polar surface area (TPSA) is 48.1 Å². The van der Waals surface area contributed by atoms with Crippen LogP contribution in [0.2, 0.25) is 0 Å². The second-order valence-electron chi connectivity index (χ2n) is 5.79. The van der Waals surface area contributed by atoms with Crippen LogP contribution in [0.4, 0.5) is 0 Å². The molecule has 1 aromatic carbocycles. The van der Waals surface area contributed by atoms with Crippen LogP contribution in [0.25, 0.3) is 10.9 Å². The van der Waals surface area contributed by atoms with Crippen LogP contribution in [-0.2, 0) is 6.42 Å². The highest BCUT2D eigenvalue weighted by atomic mass is 16.5. The first-order chi connectivity index (χ1) is 9.51. The van der Waals surface area contributed by atoms with E-state index in [-0.39, 0.29) is 6.10 Å². The number of nitrogens with zero attached hydrogens (tertiary/aromatic N) is 1. The van der Waals surface area contributed by atoms with Crippen molar-refractivity contribution in [1.82, 2.24) is 4.98 Å². The highest BCUT2D eigenvalue weighted by Gasteiger charge is 2.11. The minimum Gasteiger partial charge on any atom is -0.489 e. The quantitative estimate of drug-likeness (QED) is 0.906. The van der Waals surface area contributed by atoms with Gasteiger partial charge in [0.1, 0.15) is 11.3 Å². The van der Waals surface area contributed by atoms with Crippen molar-refractivity contribution < 1.29 is 4.74 Å². The van der Waals surface area contributed by atoms with Gasteiger partial charge < -0.3 is 10.5 Å². The van der Waals surface area contributed by atoms with Crippen molar-refractivity contribution >= 4 is 10.9 Å². The molecule has 0 fully saturated rings. The van der Waals surface area contributed by atoms with Gasteiger partial charge in [0.05, 0.1) is 6.10 Å². The lowest BCUT2D eigenvalue weighted by molar-refractivity contribution is 0.245. The summed E-state index contributed by atoms with van der Waals surface area (Å²) in [5.41, 5.74) is 9.05. The van der Waals surface area contributed by atoms with Gasteiger partial charge in [0.25, 0.3) is 0 Å². The molecule has 3 nitrogen and oxygen atoms in total. The lowest BCUT2D eigenvalue weighted by atomic mass is 9.97. The number of fused-ring (bicyclic) bond motifs is 1. The Morgan fingerprint density at radius 3 is 2.65 bits per heavy atom. The molecule has 0 spiro atoms. The number of benzene rings is 1. The Kier molecular flexibility index (Phi) is 4.61. The molecule has 108 valence electrons. The van der Waals surface area contributed by atoms with Crippen LogP contribution in [0.1, 0.15) is 32.0 Å². The predicted octanol–water partition coefficient (Wildman–Crippen LogP) is 3.47. The van der Waals surface area contributed by atoms with E-state index in [1.54, 1.807) is 0 Å². The zero-order valence-corrected chi connectivity index (χ0v) is 12.8. The Bertz CT molecular complexity index is 593. The van der Waals surface area contributed by atoms with E-state index in [9.17, 15) is 0 Å². The second-order valence-corrected chi connectivity index (χ2v) is 5.79. The maximum absolute atomic E-state index is 5.88. The first kappa shape index (κ1) is 14.8. The molecule has 2 aromatic rings. The first-order valence-electron chi connectivity index (χ1n) is 7.27. The molecule has 1 atom stereocenters. The van der Waals surface area contributed by atoms with Crippen LogP contribution in [0.15, 0.2) is 24.3 Å². The maximum Gasteiger partial charge on any atom is 0.145 e. The third kappa shape index (κ3) is 3.28. The Morgan fingerprint density at radius 2 is 2.00 bits per heavy atom. The average Bonchev–Trinajstić information content (AvgIpc) is 2.39. The average molecular weight is 272 g/mol. The van der Waals surface area contributed by atoms with Crippen molar-refractivity contribution in [2.24, 2.45) is 11.7 Å². The predicted molar refractivity (Wildman–Crippen MR) is 84.2 cm³/mol. The summed E-state index contributed by atoms with van der Waals surface area (Å²) in [7, 11) is 0.